The van der Waals surface area contributed by atoms with E-state index >= 15 is 4.39 Å². The largest absolute Gasteiger partial charge is 0.391 e. The van der Waals surface area contributed by atoms with Crippen molar-refractivity contribution in [2.75, 3.05) is 5.32 Å². The van der Waals surface area contributed by atoms with Crippen molar-refractivity contribution >= 4 is 22.6 Å². The topological polar surface area (TPSA) is 117 Å². The number of pyridine rings is 2. The Morgan fingerprint density at radius 1 is 1.06 bits per heavy atom. The van der Waals surface area contributed by atoms with E-state index in [1.54, 1.807) is 6.07 Å². The maximum Gasteiger partial charge on any atom is 0.224 e. The average Bonchev–Trinajstić information content (AvgIpc) is 3.64. The first kappa shape index (κ1) is 22.7. The van der Waals surface area contributed by atoms with Crippen LogP contribution < -0.4 is 5.32 Å². The molecule has 184 valence electrons. The Kier molecular flexibility index (Phi) is 5.92. The molecule has 0 saturated heterocycles. The summed E-state index contributed by atoms with van der Waals surface area (Å²) in [6.45, 7) is 0. The third kappa shape index (κ3) is 4.46. The van der Waals surface area contributed by atoms with Crippen molar-refractivity contribution in [3.8, 4) is 0 Å². The molecule has 9 heteroatoms. The van der Waals surface area contributed by atoms with Crippen LogP contribution in [-0.4, -0.2) is 48.0 Å². The Morgan fingerprint density at radius 2 is 1.92 bits per heavy atom. The lowest BCUT2D eigenvalue weighted by Gasteiger charge is -2.28. The third-order valence-corrected chi connectivity index (χ3v) is 7.15. The highest BCUT2D eigenvalue weighted by atomic mass is 19.1. The standard InChI is InChI=1S/C27H27FN6O2/c28-25-18(9-8-17(33-25)11-15-5-10-20(29-12-15)16-6-7-16)24(36)19-13-30-26-23(19)27(32-14-31-26)34-21-3-1-2-4-22(21)35/h5,8-10,12-14,16,21-22,35H,1-4,6-7,11H2,(H2,30,31,32,34)/t21-,22-/m1/s1. The molecular formula is C27H27FN6O2. The van der Waals surface area contributed by atoms with E-state index < -0.39 is 17.8 Å². The molecule has 4 aromatic rings. The highest BCUT2D eigenvalue weighted by Crippen LogP contribution is 2.38. The number of ketones is 1. The maximum atomic E-state index is 15.1. The van der Waals surface area contributed by atoms with Gasteiger partial charge in [0.1, 0.15) is 17.8 Å². The van der Waals surface area contributed by atoms with Crippen molar-refractivity contribution in [1.82, 2.24) is 24.9 Å². The zero-order valence-corrected chi connectivity index (χ0v) is 19.7. The second-order valence-electron chi connectivity index (χ2n) is 9.76. The van der Waals surface area contributed by atoms with Gasteiger partial charge in [-0.2, -0.15) is 4.39 Å². The molecule has 2 fully saturated rings. The molecule has 2 aliphatic rings. The van der Waals surface area contributed by atoms with E-state index in [0.717, 1.165) is 36.9 Å². The summed E-state index contributed by atoms with van der Waals surface area (Å²) < 4.78 is 15.1. The van der Waals surface area contributed by atoms with Gasteiger partial charge in [-0.3, -0.25) is 9.78 Å². The molecule has 2 saturated carbocycles. The fraction of sp³-hybridized carbons (Fsp3) is 0.370. The van der Waals surface area contributed by atoms with Gasteiger partial charge < -0.3 is 15.4 Å². The molecule has 36 heavy (non-hydrogen) atoms. The van der Waals surface area contributed by atoms with Crippen LogP contribution in [0.2, 0.25) is 0 Å². The number of aromatic nitrogens is 5. The number of nitrogens with one attached hydrogen (secondary N) is 2. The van der Waals surface area contributed by atoms with Gasteiger partial charge in [0.05, 0.1) is 28.7 Å². The number of carbonyl (C=O) groups excluding carboxylic acids is 1. The lowest BCUT2D eigenvalue weighted by atomic mass is 9.92. The molecule has 8 nitrogen and oxygen atoms in total. The van der Waals surface area contributed by atoms with Crippen LogP contribution in [0.3, 0.4) is 0 Å². The van der Waals surface area contributed by atoms with Gasteiger partial charge in [0.2, 0.25) is 5.95 Å². The van der Waals surface area contributed by atoms with Crippen LogP contribution in [0.4, 0.5) is 10.2 Å². The van der Waals surface area contributed by atoms with Gasteiger partial charge in [-0.1, -0.05) is 18.9 Å². The number of aliphatic hydroxyl groups excluding tert-OH is 1. The molecule has 0 spiro atoms. The fourth-order valence-electron chi connectivity index (χ4n) is 4.96. The monoisotopic (exact) mass is 486 g/mol. The summed E-state index contributed by atoms with van der Waals surface area (Å²) in [7, 11) is 0. The molecule has 0 unspecified atom stereocenters. The molecule has 2 atom stereocenters. The van der Waals surface area contributed by atoms with Gasteiger partial charge in [0, 0.05) is 36.1 Å². The number of halogens is 1. The number of hydrogen-bond acceptors (Lipinski definition) is 7. The number of aromatic amines is 1. The number of nitrogens with zero attached hydrogens (tertiary/aromatic N) is 4. The highest BCUT2D eigenvalue weighted by Gasteiger charge is 2.27. The van der Waals surface area contributed by atoms with Gasteiger partial charge in [0.15, 0.2) is 5.78 Å². The van der Waals surface area contributed by atoms with Gasteiger partial charge in [-0.15, -0.1) is 0 Å². The zero-order chi connectivity index (χ0) is 24.6. The summed E-state index contributed by atoms with van der Waals surface area (Å²) >= 11 is 0. The lowest BCUT2D eigenvalue weighted by Crippen LogP contribution is -2.36. The van der Waals surface area contributed by atoms with Crippen molar-refractivity contribution in [2.45, 2.75) is 63.0 Å². The van der Waals surface area contributed by atoms with E-state index in [1.807, 2.05) is 18.3 Å². The minimum Gasteiger partial charge on any atom is -0.391 e. The van der Waals surface area contributed by atoms with Crippen molar-refractivity contribution in [3.63, 3.8) is 0 Å². The minimum atomic E-state index is -0.816. The van der Waals surface area contributed by atoms with E-state index in [-0.39, 0.29) is 17.2 Å². The quantitative estimate of drug-likeness (QED) is 0.263. The molecule has 0 aliphatic heterocycles. The molecular weight excluding hydrogens is 459 g/mol. The molecule has 3 N–H and O–H groups in total. The molecule has 0 aromatic carbocycles. The number of rotatable bonds is 7. The van der Waals surface area contributed by atoms with Gasteiger partial charge in [0.25, 0.3) is 0 Å². The van der Waals surface area contributed by atoms with Gasteiger partial charge in [-0.05, 0) is 49.4 Å². The normalized spacial score (nSPS) is 19.9. The molecule has 0 amide bonds. The Balaban J connectivity index is 1.25. The van der Waals surface area contributed by atoms with E-state index in [0.29, 0.717) is 34.9 Å². The van der Waals surface area contributed by atoms with Crippen LogP contribution in [0.25, 0.3) is 11.0 Å². The molecule has 2 aliphatic carbocycles. The maximum absolute atomic E-state index is 15.1. The number of carbonyl (C=O) groups is 1. The Labute approximate surface area is 207 Å². The molecule has 0 radical (unpaired) electrons. The SMILES string of the molecule is O=C(c1ccc(Cc2ccc(C3CC3)nc2)nc1F)c1c[nH]c2ncnc(N[C@@H]3CCCC[C@H]3O)c12. The molecule has 0 bridgehead atoms. The highest BCUT2D eigenvalue weighted by molar-refractivity contribution is 6.18. The second-order valence-corrected chi connectivity index (χ2v) is 9.76. The predicted octanol–water partition coefficient (Wildman–Crippen LogP) is 4.30. The zero-order valence-electron chi connectivity index (χ0n) is 19.7. The summed E-state index contributed by atoms with van der Waals surface area (Å²) in [4.78, 5) is 33.5. The van der Waals surface area contributed by atoms with Crippen LogP contribution in [-0.2, 0) is 6.42 Å². The molecule has 6 rings (SSSR count). The fourth-order valence-corrected chi connectivity index (χ4v) is 4.96. The summed E-state index contributed by atoms with van der Waals surface area (Å²) in [5.74, 6) is -0.292. The van der Waals surface area contributed by atoms with Gasteiger partial charge in [-0.25, -0.2) is 15.0 Å². The third-order valence-electron chi connectivity index (χ3n) is 7.15. The summed E-state index contributed by atoms with van der Waals surface area (Å²) in [6, 6.07) is 7.02. The predicted molar refractivity (Wildman–Crippen MR) is 132 cm³/mol. The van der Waals surface area contributed by atoms with Crippen molar-refractivity contribution in [1.29, 1.82) is 0 Å². The Morgan fingerprint density at radius 3 is 2.67 bits per heavy atom. The van der Waals surface area contributed by atoms with Crippen LogP contribution in [0.5, 0.6) is 0 Å². The Hall–Kier alpha value is -3.72. The van der Waals surface area contributed by atoms with Crippen molar-refractivity contribution in [2.24, 2.45) is 0 Å². The number of anilines is 1. The van der Waals surface area contributed by atoms with Crippen molar-refractivity contribution < 1.29 is 14.3 Å². The van der Waals surface area contributed by atoms with Crippen LogP contribution in [0, 0.1) is 5.95 Å². The first-order valence-electron chi connectivity index (χ1n) is 12.5. The summed E-state index contributed by atoms with van der Waals surface area (Å²) in [6.07, 6.45) is 10.6. The summed E-state index contributed by atoms with van der Waals surface area (Å²) in [5.41, 5.74) is 3.18. The van der Waals surface area contributed by atoms with Crippen molar-refractivity contribution in [3.05, 3.63) is 77.0 Å². The van der Waals surface area contributed by atoms with E-state index in [9.17, 15) is 9.90 Å². The summed E-state index contributed by atoms with van der Waals surface area (Å²) in [5, 5.41) is 14.1. The second kappa shape index (κ2) is 9.39. The number of hydrogen-bond donors (Lipinski definition) is 3. The first-order chi connectivity index (χ1) is 17.6. The average molecular weight is 487 g/mol. The molecule has 4 aromatic heterocycles. The number of fused-ring (bicyclic) bond motifs is 1. The van der Waals surface area contributed by atoms with E-state index in [2.05, 4.69) is 30.2 Å². The van der Waals surface area contributed by atoms with Gasteiger partial charge >= 0.3 is 0 Å². The first-order valence-corrected chi connectivity index (χ1v) is 12.5. The van der Waals surface area contributed by atoms with E-state index in [4.69, 9.17) is 0 Å². The Bertz CT molecular complexity index is 1420. The van der Waals surface area contributed by atoms with Crippen LogP contribution in [0.15, 0.2) is 43.0 Å². The molecule has 4 heterocycles. The van der Waals surface area contributed by atoms with E-state index in [1.165, 1.54) is 31.4 Å². The minimum absolute atomic E-state index is 0.116. The number of H-pyrrole nitrogens is 1. The smallest absolute Gasteiger partial charge is 0.224 e. The van der Waals surface area contributed by atoms with Crippen LogP contribution >= 0.6 is 0 Å². The van der Waals surface area contributed by atoms with Crippen LogP contribution in [0.1, 0.15) is 77.3 Å². The lowest BCUT2D eigenvalue weighted by molar-refractivity contribution is 0.103. The number of aliphatic hydroxyl groups is 1.